The molecule has 0 bridgehead atoms. The van der Waals surface area contributed by atoms with Crippen LogP contribution in [0.1, 0.15) is 12.0 Å². The number of hydrogen-bond acceptors (Lipinski definition) is 3. The van der Waals surface area contributed by atoms with Gasteiger partial charge in [-0.25, -0.2) is 0 Å². The summed E-state index contributed by atoms with van der Waals surface area (Å²) < 4.78 is 0. The smallest absolute Gasteiger partial charge is 0.0703 e. The lowest BCUT2D eigenvalue weighted by molar-refractivity contribution is 0.793. The second-order valence-corrected chi connectivity index (χ2v) is 4.75. The van der Waals surface area contributed by atoms with Crippen molar-refractivity contribution in [2.45, 2.75) is 19.4 Å². The zero-order chi connectivity index (χ0) is 11.7. The van der Waals surface area contributed by atoms with Crippen LogP contribution in [0.15, 0.2) is 30.5 Å². The van der Waals surface area contributed by atoms with Gasteiger partial charge in [-0.3, -0.25) is 4.98 Å². The van der Waals surface area contributed by atoms with Crippen LogP contribution in [0.2, 0.25) is 0 Å². The van der Waals surface area contributed by atoms with Gasteiger partial charge in [-0.05, 0) is 49.7 Å². The molecule has 3 heteroatoms. The molecule has 3 rings (SSSR count). The van der Waals surface area contributed by atoms with Gasteiger partial charge < -0.3 is 10.6 Å². The molecule has 0 aliphatic carbocycles. The molecule has 0 amide bonds. The van der Waals surface area contributed by atoms with Gasteiger partial charge in [0.05, 0.1) is 5.52 Å². The molecule has 3 nitrogen and oxygen atoms in total. The average Bonchev–Trinajstić information content (AvgIpc) is 2.81. The SMILES string of the molecule is Cc1cnc2ccc(N[C@@H]3CCNC3)cc2c1. The number of pyridine rings is 1. The van der Waals surface area contributed by atoms with Crippen molar-refractivity contribution in [3.8, 4) is 0 Å². The van der Waals surface area contributed by atoms with E-state index in [-0.39, 0.29) is 0 Å². The number of anilines is 1. The van der Waals surface area contributed by atoms with E-state index in [2.05, 4.69) is 46.8 Å². The molecule has 1 saturated heterocycles. The Morgan fingerprint density at radius 1 is 1.35 bits per heavy atom. The highest BCUT2D eigenvalue weighted by Gasteiger charge is 2.13. The first-order valence-corrected chi connectivity index (χ1v) is 6.15. The van der Waals surface area contributed by atoms with Crippen LogP contribution in [0.25, 0.3) is 10.9 Å². The van der Waals surface area contributed by atoms with Crippen molar-refractivity contribution in [2.75, 3.05) is 18.4 Å². The first-order chi connectivity index (χ1) is 8.31. The van der Waals surface area contributed by atoms with Crippen molar-refractivity contribution < 1.29 is 0 Å². The summed E-state index contributed by atoms with van der Waals surface area (Å²) in [6.07, 6.45) is 3.11. The molecule has 17 heavy (non-hydrogen) atoms. The summed E-state index contributed by atoms with van der Waals surface area (Å²) in [5.74, 6) is 0. The highest BCUT2D eigenvalue weighted by Crippen LogP contribution is 2.19. The predicted molar refractivity (Wildman–Crippen MR) is 71.4 cm³/mol. The molecule has 0 radical (unpaired) electrons. The maximum atomic E-state index is 4.41. The quantitative estimate of drug-likeness (QED) is 0.826. The lowest BCUT2D eigenvalue weighted by atomic mass is 10.1. The summed E-state index contributed by atoms with van der Waals surface area (Å²) in [5.41, 5.74) is 3.46. The minimum Gasteiger partial charge on any atom is -0.381 e. The molecule has 1 atom stereocenters. The summed E-state index contributed by atoms with van der Waals surface area (Å²) in [6.45, 7) is 4.25. The molecule has 2 N–H and O–H groups in total. The van der Waals surface area contributed by atoms with Crippen LogP contribution in [-0.4, -0.2) is 24.1 Å². The maximum Gasteiger partial charge on any atom is 0.0703 e. The second kappa shape index (κ2) is 4.34. The number of nitrogens with zero attached hydrogens (tertiary/aromatic N) is 1. The van der Waals surface area contributed by atoms with Crippen molar-refractivity contribution in [1.82, 2.24) is 10.3 Å². The second-order valence-electron chi connectivity index (χ2n) is 4.75. The number of nitrogens with one attached hydrogen (secondary N) is 2. The predicted octanol–water partition coefficient (Wildman–Crippen LogP) is 2.32. The van der Waals surface area contributed by atoms with E-state index in [0.717, 1.165) is 18.6 Å². The third-order valence-corrected chi connectivity index (χ3v) is 3.25. The Morgan fingerprint density at radius 2 is 2.29 bits per heavy atom. The standard InChI is InChI=1S/C14H17N3/c1-10-6-11-7-12(2-3-14(11)16-8-10)17-13-4-5-15-9-13/h2-3,6-8,13,15,17H,4-5,9H2,1H3/t13-/m1/s1. The molecular formula is C14H17N3. The van der Waals surface area contributed by atoms with E-state index in [0.29, 0.717) is 6.04 Å². The Bertz CT molecular complexity index is 530. The first-order valence-electron chi connectivity index (χ1n) is 6.15. The third kappa shape index (κ3) is 2.24. The van der Waals surface area contributed by atoms with Gasteiger partial charge >= 0.3 is 0 Å². The Labute approximate surface area is 101 Å². The lowest BCUT2D eigenvalue weighted by Crippen LogP contribution is -2.21. The molecular weight excluding hydrogens is 210 g/mol. The Morgan fingerprint density at radius 3 is 3.12 bits per heavy atom. The number of benzene rings is 1. The zero-order valence-electron chi connectivity index (χ0n) is 10.0. The van der Waals surface area contributed by atoms with E-state index in [1.54, 1.807) is 0 Å². The summed E-state index contributed by atoms with van der Waals surface area (Å²) >= 11 is 0. The van der Waals surface area contributed by atoms with E-state index in [4.69, 9.17) is 0 Å². The summed E-state index contributed by atoms with van der Waals surface area (Å²) in [6, 6.07) is 9.13. The van der Waals surface area contributed by atoms with Crippen LogP contribution in [0.5, 0.6) is 0 Å². The van der Waals surface area contributed by atoms with Crippen molar-refractivity contribution in [2.24, 2.45) is 0 Å². The lowest BCUT2D eigenvalue weighted by Gasteiger charge is -2.13. The molecule has 2 heterocycles. The molecule has 0 unspecified atom stereocenters. The minimum absolute atomic E-state index is 0.560. The van der Waals surface area contributed by atoms with Crippen molar-refractivity contribution >= 4 is 16.6 Å². The monoisotopic (exact) mass is 227 g/mol. The van der Waals surface area contributed by atoms with E-state index >= 15 is 0 Å². The third-order valence-electron chi connectivity index (χ3n) is 3.25. The molecule has 2 aromatic rings. The van der Waals surface area contributed by atoms with Crippen LogP contribution in [0.4, 0.5) is 5.69 Å². The van der Waals surface area contributed by atoms with E-state index in [9.17, 15) is 0 Å². The first kappa shape index (κ1) is 10.5. The molecule has 1 aliphatic rings. The normalized spacial score (nSPS) is 19.7. The van der Waals surface area contributed by atoms with Gasteiger partial charge in [-0.2, -0.15) is 0 Å². The molecule has 0 saturated carbocycles. The molecule has 1 aliphatic heterocycles. The van der Waals surface area contributed by atoms with E-state index in [1.165, 1.54) is 23.1 Å². The highest BCUT2D eigenvalue weighted by atomic mass is 15.0. The molecule has 0 spiro atoms. The van der Waals surface area contributed by atoms with Crippen LogP contribution in [0.3, 0.4) is 0 Å². The number of rotatable bonds is 2. The van der Waals surface area contributed by atoms with Crippen LogP contribution >= 0.6 is 0 Å². The number of aromatic nitrogens is 1. The summed E-state index contributed by atoms with van der Waals surface area (Å²) in [7, 11) is 0. The molecule has 1 aromatic carbocycles. The molecule has 88 valence electrons. The van der Waals surface area contributed by atoms with Crippen molar-refractivity contribution in [1.29, 1.82) is 0 Å². The fourth-order valence-corrected chi connectivity index (χ4v) is 2.34. The summed E-state index contributed by atoms with van der Waals surface area (Å²) in [4.78, 5) is 4.41. The van der Waals surface area contributed by atoms with Gasteiger partial charge in [0, 0.05) is 29.9 Å². The van der Waals surface area contributed by atoms with Gasteiger partial charge in [0.25, 0.3) is 0 Å². The number of aryl methyl sites for hydroxylation is 1. The topological polar surface area (TPSA) is 37.0 Å². The van der Waals surface area contributed by atoms with Crippen molar-refractivity contribution in [3.63, 3.8) is 0 Å². The Balaban J connectivity index is 1.89. The largest absolute Gasteiger partial charge is 0.381 e. The fourth-order valence-electron chi connectivity index (χ4n) is 2.34. The van der Waals surface area contributed by atoms with Crippen LogP contribution < -0.4 is 10.6 Å². The average molecular weight is 227 g/mol. The highest BCUT2D eigenvalue weighted by molar-refractivity contribution is 5.82. The maximum absolute atomic E-state index is 4.41. The van der Waals surface area contributed by atoms with Gasteiger partial charge in [0.15, 0.2) is 0 Å². The van der Waals surface area contributed by atoms with Crippen molar-refractivity contribution in [3.05, 3.63) is 36.0 Å². The van der Waals surface area contributed by atoms with Crippen LogP contribution in [0, 0.1) is 6.92 Å². The Hall–Kier alpha value is -1.61. The van der Waals surface area contributed by atoms with Gasteiger partial charge in [0.1, 0.15) is 0 Å². The zero-order valence-corrected chi connectivity index (χ0v) is 10.0. The molecule has 1 fully saturated rings. The minimum atomic E-state index is 0.560. The van der Waals surface area contributed by atoms with Gasteiger partial charge in [-0.15, -0.1) is 0 Å². The van der Waals surface area contributed by atoms with Gasteiger partial charge in [0.2, 0.25) is 0 Å². The van der Waals surface area contributed by atoms with E-state index < -0.39 is 0 Å². The van der Waals surface area contributed by atoms with Crippen LogP contribution in [-0.2, 0) is 0 Å². The number of hydrogen-bond donors (Lipinski definition) is 2. The summed E-state index contributed by atoms with van der Waals surface area (Å²) in [5, 5.41) is 8.14. The van der Waals surface area contributed by atoms with Gasteiger partial charge in [-0.1, -0.05) is 0 Å². The van der Waals surface area contributed by atoms with E-state index in [1.807, 2.05) is 6.20 Å². The number of fused-ring (bicyclic) bond motifs is 1. The Kier molecular flexibility index (Phi) is 2.69. The fraction of sp³-hybridized carbons (Fsp3) is 0.357. The molecule has 1 aromatic heterocycles.